The Balaban J connectivity index is 0.00000353. The van der Waals surface area contributed by atoms with Gasteiger partial charge in [-0.1, -0.05) is 65.8 Å². The molecule has 1 aliphatic carbocycles. The van der Waals surface area contributed by atoms with Crippen molar-refractivity contribution in [1.29, 1.82) is 10.8 Å². The Hall–Kier alpha value is -4.54. The molecule has 0 spiro atoms. The largest absolute Gasteiger partial charge is 0.484 e. The van der Waals surface area contributed by atoms with Crippen molar-refractivity contribution in [3.05, 3.63) is 76.8 Å². The van der Waals surface area contributed by atoms with E-state index in [1.807, 2.05) is 65.8 Å². The summed E-state index contributed by atoms with van der Waals surface area (Å²) in [5.74, 6) is 1.05. The number of nitrogens with one attached hydrogen (secondary N) is 4. The quantitative estimate of drug-likeness (QED) is 0.151. The smallest absolute Gasteiger partial charge is 0.320 e. The van der Waals surface area contributed by atoms with Crippen LogP contribution in [0.25, 0.3) is 0 Å². The number of anilines is 1. The SMILES string of the molecule is CC(=O)OCc1nc(NC(=O)N[C@H]2CC[C@@H](Oc3ccc(=N)n(C(=N)C(C)(C)C)c3)c3ccccc32)cc(C(C)(C)C)n1.[HH].[HH]. The first-order valence-corrected chi connectivity index (χ1v) is 14.3. The topological polar surface area (TPSA) is 155 Å². The molecule has 2 atom stereocenters. The van der Waals surface area contributed by atoms with E-state index in [2.05, 4.69) is 20.6 Å². The second-order valence-corrected chi connectivity index (χ2v) is 12.8. The molecule has 0 bridgehead atoms. The number of aromatic nitrogens is 3. The zero-order chi connectivity index (χ0) is 31.5. The Morgan fingerprint density at radius 3 is 2.40 bits per heavy atom. The van der Waals surface area contributed by atoms with Crippen molar-refractivity contribution in [2.75, 3.05) is 5.32 Å². The summed E-state index contributed by atoms with van der Waals surface area (Å²) in [5.41, 5.74) is 2.09. The molecular weight excluding hydrogens is 546 g/mol. The second kappa shape index (κ2) is 12.4. The van der Waals surface area contributed by atoms with Gasteiger partial charge in [-0.15, -0.1) is 0 Å². The van der Waals surface area contributed by atoms with Crippen LogP contribution in [0.4, 0.5) is 10.6 Å². The van der Waals surface area contributed by atoms with E-state index in [0.717, 1.165) is 11.1 Å². The van der Waals surface area contributed by atoms with Crippen molar-refractivity contribution in [2.45, 2.75) is 85.5 Å². The number of hydrogen-bond acceptors (Lipinski definition) is 8. The first-order valence-electron chi connectivity index (χ1n) is 14.3. The van der Waals surface area contributed by atoms with Gasteiger partial charge in [0.15, 0.2) is 12.4 Å². The van der Waals surface area contributed by atoms with E-state index >= 15 is 0 Å². The molecule has 11 heteroatoms. The van der Waals surface area contributed by atoms with Crippen molar-refractivity contribution in [3.63, 3.8) is 0 Å². The molecule has 2 amide bonds. The van der Waals surface area contributed by atoms with Crippen LogP contribution >= 0.6 is 0 Å². The standard InChI is InChI=1S/C32H41N7O4.2H2/c1-19(40)42-18-28-36-25(31(2,3)4)16-27(37-28)38-30(41)35-23-13-14-24(22-11-9-8-10-21(22)23)43-20-12-15-26(33)39(17-20)29(34)32(5,6)7;;/h8-12,15-17,23-24,33-34H,13-14,18H2,1-7H3,(H2,35,36,37,38,41);2*1H/t23-,24+;;/m0../s1. The molecule has 0 saturated heterocycles. The summed E-state index contributed by atoms with van der Waals surface area (Å²) in [7, 11) is 0. The third-order valence-corrected chi connectivity index (χ3v) is 7.08. The van der Waals surface area contributed by atoms with E-state index in [-0.39, 0.29) is 32.5 Å². The summed E-state index contributed by atoms with van der Waals surface area (Å²) < 4.78 is 13.0. The lowest BCUT2D eigenvalue weighted by Crippen LogP contribution is -2.36. The summed E-state index contributed by atoms with van der Waals surface area (Å²) in [5, 5.41) is 22.7. The predicted octanol–water partition coefficient (Wildman–Crippen LogP) is 6.26. The van der Waals surface area contributed by atoms with Crippen molar-refractivity contribution >= 4 is 23.7 Å². The van der Waals surface area contributed by atoms with Crippen LogP contribution in [0.3, 0.4) is 0 Å². The summed E-state index contributed by atoms with van der Waals surface area (Å²) in [6.45, 7) is 13.0. The highest BCUT2D eigenvalue weighted by molar-refractivity contribution is 5.88. The van der Waals surface area contributed by atoms with Crippen LogP contribution < -0.4 is 20.9 Å². The van der Waals surface area contributed by atoms with Gasteiger partial charge in [0.1, 0.15) is 29.0 Å². The van der Waals surface area contributed by atoms with Gasteiger partial charge in [-0.2, -0.15) is 0 Å². The van der Waals surface area contributed by atoms with Gasteiger partial charge in [0.2, 0.25) is 0 Å². The van der Waals surface area contributed by atoms with Crippen LogP contribution in [0, 0.1) is 16.2 Å². The number of ether oxygens (including phenoxy) is 2. The lowest BCUT2D eigenvalue weighted by molar-refractivity contribution is -0.142. The molecule has 4 rings (SSSR count). The van der Waals surface area contributed by atoms with Gasteiger partial charge in [-0.3, -0.25) is 25.5 Å². The number of esters is 1. The molecule has 43 heavy (non-hydrogen) atoms. The molecule has 0 radical (unpaired) electrons. The molecule has 11 nitrogen and oxygen atoms in total. The van der Waals surface area contributed by atoms with Crippen molar-refractivity contribution in [3.8, 4) is 5.75 Å². The van der Waals surface area contributed by atoms with Crippen LogP contribution in [0.5, 0.6) is 5.75 Å². The Kier molecular flexibility index (Phi) is 9.03. The summed E-state index contributed by atoms with van der Waals surface area (Å²) in [6.07, 6.45) is 2.72. The Bertz CT molecular complexity index is 1600. The maximum atomic E-state index is 13.2. The van der Waals surface area contributed by atoms with Gasteiger partial charge in [0.25, 0.3) is 0 Å². The summed E-state index contributed by atoms with van der Waals surface area (Å²) in [6, 6.07) is 12.3. The number of urea groups is 1. The second-order valence-electron chi connectivity index (χ2n) is 12.8. The van der Waals surface area contributed by atoms with Gasteiger partial charge < -0.3 is 14.8 Å². The van der Waals surface area contributed by atoms with Crippen LogP contribution in [-0.4, -0.2) is 32.4 Å². The molecular formula is C32H45N7O4. The predicted molar refractivity (Wildman–Crippen MR) is 167 cm³/mol. The van der Waals surface area contributed by atoms with Gasteiger partial charge in [0.05, 0.1) is 17.9 Å². The molecule has 0 saturated carbocycles. The van der Waals surface area contributed by atoms with E-state index in [1.165, 1.54) is 11.5 Å². The fraction of sp³-hybridized carbons (Fsp3) is 0.438. The minimum absolute atomic E-state index is 0. The van der Waals surface area contributed by atoms with Crippen molar-refractivity contribution < 1.29 is 21.9 Å². The van der Waals surface area contributed by atoms with Gasteiger partial charge in [-0.05, 0) is 36.1 Å². The minimum atomic E-state index is -0.438. The first kappa shape index (κ1) is 31.4. The van der Waals surface area contributed by atoms with Crippen molar-refractivity contribution in [1.82, 2.24) is 19.9 Å². The number of benzene rings is 1. The molecule has 232 valence electrons. The molecule has 0 aliphatic heterocycles. The summed E-state index contributed by atoms with van der Waals surface area (Å²) >= 11 is 0. The third-order valence-electron chi connectivity index (χ3n) is 7.08. The zero-order valence-electron chi connectivity index (χ0n) is 25.9. The van der Waals surface area contributed by atoms with Crippen LogP contribution in [0.1, 0.15) is 99.0 Å². The Labute approximate surface area is 255 Å². The number of amides is 2. The average molecular weight is 592 g/mol. The van der Waals surface area contributed by atoms with Crippen LogP contribution in [0.15, 0.2) is 48.7 Å². The lowest BCUT2D eigenvalue weighted by atomic mass is 9.85. The first-order chi connectivity index (χ1) is 20.1. The van der Waals surface area contributed by atoms with Gasteiger partial charge in [-0.25, -0.2) is 14.8 Å². The average Bonchev–Trinajstić information content (AvgIpc) is 2.92. The number of nitrogens with zero attached hydrogens (tertiary/aromatic N) is 3. The molecule has 1 aromatic carbocycles. The van der Waals surface area contributed by atoms with E-state index in [1.54, 1.807) is 24.4 Å². The fourth-order valence-electron chi connectivity index (χ4n) is 4.77. The van der Waals surface area contributed by atoms with E-state index in [4.69, 9.17) is 20.3 Å². The van der Waals surface area contributed by atoms with Crippen LogP contribution in [-0.2, 0) is 21.6 Å². The zero-order valence-corrected chi connectivity index (χ0v) is 25.9. The highest BCUT2D eigenvalue weighted by atomic mass is 16.5. The van der Waals surface area contributed by atoms with E-state index in [9.17, 15) is 9.59 Å². The fourth-order valence-corrected chi connectivity index (χ4v) is 4.77. The Morgan fingerprint density at radius 1 is 1.05 bits per heavy atom. The number of fused-ring (bicyclic) bond motifs is 1. The normalized spacial score (nSPS) is 16.5. The summed E-state index contributed by atoms with van der Waals surface area (Å²) in [4.78, 5) is 33.4. The van der Waals surface area contributed by atoms with Gasteiger partial charge in [0, 0.05) is 26.7 Å². The maximum absolute atomic E-state index is 13.2. The molecule has 3 aromatic rings. The number of pyridine rings is 1. The number of hydrogen-bond donors (Lipinski definition) is 4. The number of carbonyl (C=O) groups is 2. The van der Waals surface area contributed by atoms with Gasteiger partial charge >= 0.3 is 12.0 Å². The third kappa shape index (κ3) is 7.85. The van der Waals surface area contributed by atoms with E-state index < -0.39 is 17.4 Å². The lowest BCUT2D eigenvalue weighted by Gasteiger charge is -2.32. The molecule has 0 unspecified atom stereocenters. The highest BCUT2D eigenvalue weighted by Crippen LogP contribution is 2.38. The van der Waals surface area contributed by atoms with Crippen molar-refractivity contribution in [2.24, 2.45) is 5.41 Å². The molecule has 1 aliphatic rings. The molecule has 0 fully saturated rings. The molecule has 2 aromatic heterocycles. The molecule has 2 heterocycles. The maximum Gasteiger partial charge on any atom is 0.320 e. The Morgan fingerprint density at radius 2 is 1.74 bits per heavy atom. The molecule has 4 N–H and O–H groups in total. The van der Waals surface area contributed by atoms with E-state index in [0.29, 0.717) is 41.8 Å². The van der Waals surface area contributed by atoms with Crippen LogP contribution in [0.2, 0.25) is 0 Å². The minimum Gasteiger partial charge on any atom is -0.484 e. The monoisotopic (exact) mass is 591 g/mol. The number of carbonyl (C=O) groups excluding carboxylic acids is 2. The number of rotatable bonds is 6. The highest BCUT2D eigenvalue weighted by Gasteiger charge is 2.30.